The Morgan fingerprint density at radius 1 is 1.26 bits per heavy atom. The number of fused-ring (bicyclic) bond motifs is 1. The van der Waals surface area contributed by atoms with E-state index in [1.807, 2.05) is 10.9 Å². The predicted octanol–water partition coefficient (Wildman–Crippen LogP) is 2.28. The minimum atomic E-state index is 0.383. The van der Waals surface area contributed by atoms with Gasteiger partial charge in [-0.2, -0.15) is 5.10 Å². The molecule has 2 aliphatic rings. The summed E-state index contributed by atoms with van der Waals surface area (Å²) in [5.41, 5.74) is 2.04. The highest BCUT2D eigenvalue weighted by Crippen LogP contribution is 2.45. The Bertz CT molecular complexity index is 613. The summed E-state index contributed by atoms with van der Waals surface area (Å²) < 4.78 is 2.02. The fourth-order valence-electron chi connectivity index (χ4n) is 2.97. The van der Waals surface area contributed by atoms with Gasteiger partial charge in [0, 0.05) is 17.5 Å². The molecule has 19 heavy (non-hydrogen) atoms. The van der Waals surface area contributed by atoms with Crippen LogP contribution in [-0.4, -0.2) is 33.1 Å². The molecule has 1 N–H and O–H groups in total. The molecule has 1 saturated carbocycles. The molecular formula is C13H16ClN5. The van der Waals surface area contributed by atoms with E-state index >= 15 is 0 Å². The van der Waals surface area contributed by atoms with E-state index in [9.17, 15) is 0 Å². The van der Waals surface area contributed by atoms with Crippen LogP contribution in [0.2, 0.25) is 5.15 Å². The van der Waals surface area contributed by atoms with E-state index in [4.69, 9.17) is 11.6 Å². The van der Waals surface area contributed by atoms with Gasteiger partial charge in [-0.1, -0.05) is 11.6 Å². The van der Waals surface area contributed by atoms with Crippen molar-refractivity contribution in [3.05, 3.63) is 16.9 Å². The average Bonchev–Trinajstić information content (AvgIpc) is 3.18. The lowest BCUT2D eigenvalue weighted by molar-refractivity contribution is 0.353. The van der Waals surface area contributed by atoms with Crippen LogP contribution in [0.15, 0.2) is 6.20 Å². The fraction of sp³-hybridized carbons (Fsp3) is 0.615. The standard InChI is InChI=1S/C13H16ClN5/c14-12-11(8-3-4-8)10-7-16-19(13(10)18-17-12)9-2-1-5-15-6-9/h7-9,15H,1-6H2. The lowest BCUT2D eigenvalue weighted by Gasteiger charge is -2.23. The molecule has 1 aliphatic heterocycles. The molecule has 5 nitrogen and oxygen atoms in total. The largest absolute Gasteiger partial charge is 0.315 e. The van der Waals surface area contributed by atoms with Gasteiger partial charge in [0.25, 0.3) is 0 Å². The fourth-order valence-corrected chi connectivity index (χ4v) is 3.27. The van der Waals surface area contributed by atoms with Crippen molar-refractivity contribution in [2.75, 3.05) is 13.1 Å². The molecule has 2 aromatic rings. The van der Waals surface area contributed by atoms with E-state index in [2.05, 4.69) is 20.6 Å². The number of piperidine rings is 1. The Morgan fingerprint density at radius 2 is 2.16 bits per heavy atom. The molecule has 4 rings (SSSR count). The van der Waals surface area contributed by atoms with Crippen molar-refractivity contribution in [1.82, 2.24) is 25.3 Å². The second-order valence-electron chi connectivity index (χ2n) is 5.51. The summed E-state index contributed by atoms with van der Waals surface area (Å²) in [5, 5.41) is 18.0. The van der Waals surface area contributed by atoms with Crippen LogP contribution in [0, 0.1) is 0 Å². The Kier molecular flexibility index (Phi) is 2.70. The van der Waals surface area contributed by atoms with Crippen LogP contribution in [0.4, 0.5) is 0 Å². The van der Waals surface area contributed by atoms with Gasteiger partial charge in [0.15, 0.2) is 10.8 Å². The zero-order valence-electron chi connectivity index (χ0n) is 10.6. The summed E-state index contributed by atoms with van der Waals surface area (Å²) in [7, 11) is 0. The molecule has 0 bridgehead atoms. The molecule has 0 aromatic carbocycles. The monoisotopic (exact) mass is 277 g/mol. The number of hydrogen-bond donors (Lipinski definition) is 1. The highest BCUT2D eigenvalue weighted by Gasteiger charge is 2.30. The van der Waals surface area contributed by atoms with Crippen molar-refractivity contribution >= 4 is 22.6 Å². The molecular weight excluding hydrogens is 262 g/mol. The highest BCUT2D eigenvalue weighted by molar-refractivity contribution is 6.31. The number of rotatable bonds is 2. The van der Waals surface area contributed by atoms with Gasteiger partial charge >= 0.3 is 0 Å². The van der Waals surface area contributed by atoms with Crippen LogP contribution in [0.5, 0.6) is 0 Å². The van der Waals surface area contributed by atoms with Crippen LogP contribution in [0.1, 0.15) is 43.2 Å². The highest BCUT2D eigenvalue weighted by atomic mass is 35.5. The number of nitrogens with one attached hydrogen (secondary N) is 1. The van der Waals surface area contributed by atoms with Gasteiger partial charge in [-0.05, 0) is 38.1 Å². The predicted molar refractivity (Wildman–Crippen MR) is 73.4 cm³/mol. The summed E-state index contributed by atoms with van der Waals surface area (Å²) >= 11 is 6.21. The van der Waals surface area contributed by atoms with Gasteiger partial charge in [-0.15, -0.1) is 10.2 Å². The van der Waals surface area contributed by atoms with Crippen LogP contribution >= 0.6 is 11.6 Å². The first-order valence-corrected chi connectivity index (χ1v) is 7.32. The van der Waals surface area contributed by atoms with Crippen molar-refractivity contribution in [3.8, 4) is 0 Å². The van der Waals surface area contributed by atoms with Crippen LogP contribution in [-0.2, 0) is 0 Å². The SMILES string of the molecule is Clc1nnc2c(cnn2C2CCCNC2)c1C1CC1. The topological polar surface area (TPSA) is 55.6 Å². The first kappa shape index (κ1) is 11.6. The zero-order valence-corrected chi connectivity index (χ0v) is 11.4. The third-order valence-electron chi connectivity index (χ3n) is 4.12. The number of aromatic nitrogens is 4. The van der Waals surface area contributed by atoms with Crippen molar-refractivity contribution in [3.63, 3.8) is 0 Å². The van der Waals surface area contributed by atoms with E-state index < -0.39 is 0 Å². The smallest absolute Gasteiger partial charge is 0.181 e. The Balaban J connectivity index is 1.82. The molecule has 2 fully saturated rings. The third-order valence-corrected chi connectivity index (χ3v) is 4.40. The Labute approximate surface area is 116 Å². The number of nitrogens with zero attached hydrogens (tertiary/aromatic N) is 4. The minimum Gasteiger partial charge on any atom is -0.315 e. The maximum atomic E-state index is 6.21. The first-order chi connectivity index (χ1) is 9.34. The van der Waals surface area contributed by atoms with Crippen LogP contribution < -0.4 is 5.32 Å². The lowest BCUT2D eigenvalue weighted by Crippen LogP contribution is -2.32. The van der Waals surface area contributed by atoms with Gasteiger partial charge in [-0.25, -0.2) is 4.68 Å². The van der Waals surface area contributed by atoms with Crippen molar-refractivity contribution in [1.29, 1.82) is 0 Å². The van der Waals surface area contributed by atoms with E-state index in [1.54, 1.807) is 0 Å². The van der Waals surface area contributed by atoms with E-state index in [0.29, 0.717) is 17.1 Å². The maximum Gasteiger partial charge on any atom is 0.181 e. The Hall–Kier alpha value is -1.20. The maximum absolute atomic E-state index is 6.21. The molecule has 1 aliphatic carbocycles. The average molecular weight is 278 g/mol. The van der Waals surface area contributed by atoms with Gasteiger partial charge in [-0.3, -0.25) is 0 Å². The summed E-state index contributed by atoms with van der Waals surface area (Å²) in [6.07, 6.45) is 6.65. The van der Waals surface area contributed by atoms with Gasteiger partial charge in [0.05, 0.1) is 12.2 Å². The third kappa shape index (κ3) is 1.92. The summed E-state index contributed by atoms with van der Waals surface area (Å²) in [5.74, 6) is 0.563. The zero-order chi connectivity index (χ0) is 12.8. The number of hydrogen-bond acceptors (Lipinski definition) is 4. The van der Waals surface area contributed by atoms with Gasteiger partial charge < -0.3 is 5.32 Å². The molecule has 0 amide bonds. The second kappa shape index (κ2) is 4.42. The van der Waals surface area contributed by atoms with Crippen molar-refractivity contribution in [2.45, 2.75) is 37.6 Å². The minimum absolute atomic E-state index is 0.383. The molecule has 2 aromatic heterocycles. The molecule has 6 heteroatoms. The van der Waals surface area contributed by atoms with Crippen molar-refractivity contribution < 1.29 is 0 Å². The van der Waals surface area contributed by atoms with Crippen LogP contribution in [0.3, 0.4) is 0 Å². The van der Waals surface area contributed by atoms with E-state index in [-0.39, 0.29) is 0 Å². The molecule has 1 saturated heterocycles. The van der Waals surface area contributed by atoms with E-state index in [0.717, 1.165) is 36.1 Å². The first-order valence-electron chi connectivity index (χ1n) is 6.94. The molecule has 0 radical (unpaired) electrons. The number of halogens is 1. The molecule has 1 unspecified atom stereocenters. The van der Waals surface area contributed by atoms with Crippen molar-refractivity contribution in [2.24, 2.45) is 0 Å². The molecule has 3 heterocycles. The van der Waals surface area contributed by atoms with Gasteiger partial charge in [0.1, 0.15) is 0 Å². The van der Waals surface area contributed by atoms with E-state index in [1.165, 1.54) is 19.3 Å². The normalized spacial score (nSPS) is 23.9. The summed E-state index contributed by atoms with van der Waals surface area (Å²) in [6, 6.07) is 0.383. The lowest BCUT2D eigenvalue weighted by atomic mass is 10.1. The second-order valence-corrected chi connectivity index (χ2v) is 5.86. The van der Waals surface area contributed by atoms with Gasteiger partial charge in [0.2, 0.25) is 0 Å². The molecule has 0 spiro atoms. The molecule has 1 atom stereocenters. The van der Waals surface area contributed by atoms with Crippen LogP contribution in [0.25, 0.3) is 11.0 Å². The molecule has 100 valence electrons. The summed E-state index contributed by atoms with van der Waals surface area (Å²) in [4.78, 5) is 0. The quantitative estimate of drug-likeness (QED) is 0.915. The summed E-state index contributed by atoms with van der Waals surface area (Å²) in [6.45, 7) is 2.06. The Morgan fingerprint density at radius 3 is 2.89 bits per heavy atom.